The standard InChI is InChI=1S/C17H23N5OS/c1-3-14-10-19-16(24-14)12(2)21-17(23)22-8-5-13(6-9-22)15-4-7-18-11-20-15/h4,7,10-13H,3,5-6,8-9H2,1-2H3,(H,21,23). The number of hydrogen-bond donors (Lipinski definition) is 1. The zero-order valence-electron chi connectivity index (χ0n) is 14.1. The van der Waals surface area contributed by atoms with Crippen LogP contribution in [0.3, 0.4) is 0 Å². The smallest absolute Gasteiger partial charge is 0.317 e. The number of hydrogen-bond acceptors (Lipinski definition) is 5. The summed E-state index contributed by atoms with van der Waals surface area (Å²) in [5.41, 5.74) is 1.08. The van der Waals surface area contributed by atoms with E-state index in [9.17, 15) is 4.79 Å². The second-order valence-corrected chi connectivity index (χ2v) is 7.23. The van der Waals surface area contributed by atoms with Gasteiger partial charge in [-0.3, -0.25) is 0 Å². The first-order valence-corrected chi connectivity index (χ1v) is 9.25. The lowest BCUT2D eigenvalue weighted by atomic mass is 9.93. The number of urea groups is 1. The number of amides is 2. The Morgan fingerprint density at radius 1 is 1.42 bits per heavy atom. The zero-order valence-corrected chi connectivity index (χ0v) is 14.9. The SMILES string of the molecule is CCc1cnc(C(C)NC(=O)N2CCC(c3ccncn3)CC2)s1. The minimum atomic E-state index is -0.0533. The van der Waals surface area contributed by atoms with Crippen LogP contribution in [0.15, 0.2) is 24.8 Å². The lowest BCUT2D eigenvalue weighted by molar-refractivity contribution is 0.178. The van der Waals surface area contributed by atoms with Crippen molar-refractivity contribution in [1.29, 1.82) is 0 Å². The quantitative estimate of drug-likeness (QED) is 0.924. The summed E-state index contributed by atoms with van der Waals surface area (Å²) < 4.78 is 0. The number of likely N-dealkylation sites (tertiary alicyclic amines) is 1. The Labute approximate surface area is 146 Å². The molecule has 2 amide bonds. The highest BCUT2D eigenvalue weighted by Crippen LogP contribution is 2.26. The van der Waals surface area contributed by atoms with E-state index in [1.165, 1.54) is 4.88 Å². The van der Waals surface area contributed by atoms with Gasteiger partial charge < -0.3 is 10.2 Å². The predicted octanol–water partition coefficient (Wildman–Crippen LogP) is 3.15. The molecule has 0 bridgehead atoms. The summed E-state index contributed by atoms with van der Waals surface area (Å²) in [5.74, 6) is 0.417. The zero-order chi connectivity index (χ0) is 16.9. The first-order valence-electron chi connectivity index (χ1n) is 8.43. The fourth-order valence-electron chi connectivity index (χ4n) is 2.95. The van der Waals surface area contributed by atoms with Crippen molar-refractivity contribution in [1.82, 2.24) is 25.2 Å². The second-order valence-electron chi connectivity index (χ2n) is 6.09. The molecule has 24 heavy (non-hydrogen) atoms. The van der Waals surface area contributed by atoms with E-state index in [0.29, 0.717) is 5.92 Å². The van der Waals surface area contributed by atoms with Crippen LogP contribution in [-0.4, -0.2) is 39.0 Å². The van der Waals surface area contributed by atoms with E-state index in [4.69, 9.17) is 0 Å². The van der Waals surface area contributed by atoms with Crippen molar-refractivity contribution in [2.24, 2.45) is 0 Å². The molecule has 1 atom stereocenters. The maximum atomic E-state index is 12.5. The number of carbonyl (C=O) groups excluding carboxylic acids is 1. The van der Waals surface area contributed by atoms with E-state index in [1.807, 2.05) is 24.1 Å². The summed E-state index contributed by atoms with van der Waals surface area (Å²) >= 11 is 1.67. The molecule has 1 unspecified atom stereocenters. The third kappa shape index (κ3) is 3.90. The lowest BCUT2D eigenvalue weighted by Crippen LogP contribution is -2.44. The number of nitrogens with zero attached hydrogens (tertiary/aromatic N) is 4. The highest BCUT2D eigenvalue weighted by atomic mass is 32.1. The molecular formula is C17H23N5OS. The van der Waals surface area contributed by atoms with E-state index < -0.39 is 0 Å². The van der Waals surface area contributed by atoms with E-state index in [0.717, 1.165) is 43.1 Å². The number of aryl methyl sites for hydroxylation is 1. The summed E-state index contributed by atoms with van der Waals surface area (Å²) in [6, 6.07) is 1.91. The molecule has 7 heteroatoms. The first-order chi connectivity index (χ1) is 11.7. The van der Waals surface area contributed by atoms with Crippen molar-refractivity contribution in [3.8, 4) is 0 Å². The second kappa shape index (κ2) is 7.70. The highest BCUT2D eigenvalue weighted by Gasteiger charge is 2.25. The summed E-state index contributed by atoms with van der Waals surface area (Å²) in [6.45, 7) is 5.61. The van der Waals surface area contributed by atoms with E-state index >= 15 is 0 Å². The Kier molecular flexibility index (Phi) is 5.40. The molecule has 3 rings (SSSR count). The topological polar surface area (TPSA) is 71.0 Å². The molecule has 0 spiro atoms. The molecule has 3 heterocycles. The van der Waals surface area contributed by atoms with Crippen LogP contribution in [0.2, 0.25) is 0 Å². The Bertz CT molecular complexity index is 667. The largest absolute Gasteiger partial charge is 0.329 e. The number of carbonyl (C=O) groups is 1. The molecule has 1 saturated heterocycles. The molecule has 0 aliphatic carbocycles. The normalized spacial score (nSPS) is 16.8. The van der Waals surface area contributed by atoms with Crippen LogP contribution >= 0.6 is 11.3 Å². The fraction of sp³-hybridized carbons (Fsp3) is 0.529. The van der Waals surface area contributed by atoms with Gasteiger partial charge in [0.25, 0.3) is 0 Å². The van der Waals surface area contributed by atoms with Gasteiger partial charge in [-0.2, -0.15) is 0 Å². The Hall–Kier alpha value is -2.02. The van der Waals surface area contributed by atoms with Crippen LogP contribution < -0.4 is 5.32 Å². The molecule has 2 aromatic rings. The number of rotatable bonds is 4. The summed E-state index contributed by atoms with van der Waals surface area (Å²) in [6.07, 6.45) is 8.13. The van der Waals surface area contributed by atoms with Gasteiger partial charge >= 0.3 is 6.03 Å². The van der Waals surface area contributed by atoms with Crippen molar-refractivity contribution in [2.75, 3.05) is 13.1 Å². The van der Waals surface area contributed by atoms with Crippen LogP contribution in [0, 0.1) is 0 Å². The van der Waals surface area contributed by atoms with Gasteiger partial charge in [-0.05, 0) is 32.3 Å². The third-order valence-electron chi connectivity index (χ3n) is 4.44. The van der Waals surface area contributed by atoms with Crippen LogP contribution in [0.25, 0.3) is 0 Å². The predicted molar refractivity (Wildman–Crippen MR) is 94.0 cm³/mol. The van der Waals surface area contributed by atoms with Crippen molar-refractivity contribution in [3.05, 3.63) is 40.4 Å². The number of thiazole rings is 1. The summed E-state index contributed by atoms with van der Waals surface area (Å²) in [7, 11) is 0. The van der Waals surface area contributed by atoms with E-state index in [1.54, 1.807) is 23.9 Å². The fourth-order valence-corrected chi connectivity index (χ4v) is 3.80. The average Bonchev–Trinajstić information content (AvgIpc) is 3.12. The van der Waals surface area contributed by atoms with Crippen molar-refractivity contribution in [2.45, 2.75) is 45.1 Å². The van der Waals surface area contributed by atoms with Gasteiger partial charge in [0.15, 0.2) is 0 Å². The third-order valence-corrected chi connectivity index (χ3v) is 5.76. The molecule has 1 fully saturated rings. The number of aromatic nitrogens is 3. The van der Waals surface area contributed by atoms with Crippen molar-refractivity contribution in [3.63, 3.8) is 0 Å². The van der Waals surface area contributed by atoms with Gasteiger partial charge in [0, 0.05) is 42.0 Å². The maximum absolute atomic E-state index is 12.5. The number of nitrogens with one attached hydrogen (secondary N) is 1. The van der Waals surface area contributed by atoms with E-state index in [2.05, 4.69) is 27.2 Å². The molecule has 1 aliphatic heterocycles. The average molecular weight is 345 g/mol. The molecule has 2 aromatic heterocycles. The van der Waals surface area contributed by atoms with Gasteiger partial charge in [-0.15, -0.1) is 11.3 Å². The summed E-state index contributed by atoms with van der Waals surface area (Å²) in [4.78, 5) is 28.3. The van der Waals surface area contributed by atoms with Crippen LogP contribution in [0.5, 0.6) is 0 Å². The molecule has 0 aromatic carbocycles. The molecule has 1 N–H and O–H groups in total. The minimum absolute atomic E-state index is 0.00288. The molecule has 0 radical (unpaired) electrons. The number of piperidine rings is 1. The summed E-state index contributed by atoms with van der Waals surface area (Å²) in [5, 5.41) is 4.04. The lowest BCUT2D eigenvalue weighted by Gasteiger charge is -2.32. The Balaban J connectivity index is 1.51. The molecule has 1 aliphatic rings. The van der Waals surface area contributed by atoms with Crippen molar-refractivity contribution >= 4 is 17.4 Å². The Morgan fingerprint density at radius 2 is 2.21 bits per heavy atom. The highest BCUT2D eigenvalue weighted by molar-refractivity contribution is 7.11. The van der Waals surface area contributed by atoms with Crippen molar-refractivity contribution < 1.29 is 4.79 Å². The minimum Gasteiger partial charge on any atom is -0.329 e. The van der Waals surface area contributed by atoms with Gasteiger partial charge in [0.05, 0.1) is 6.04 Å². The Morgan fingerprint density at radius 3 is 2.83 bits per heavy atom. The molecule has 128 valence electrons. The molecular weight excluding hydrogens is 322 g/mol. The van der Waals surface area contributed by atoms with Crippen LogP contribution in [-0.2, 0) is 6.42 Å². The van der Waals surface area contributed by atoms with Gasteiger partial charge in [0.2, 0.25) is 0 Å². The van der Waals surface area contributed by atoms with Crippen LogP contribution in [0.4, 0.5) is 4.79 Å². The first kappa shape index (κ1) is 16.8. The molecule has 0 saturated carbocycles. The monoisotopic (exact) mass is 345 g/mol. The molecule has 6 nitrogen and oxygen atoms in total. The van der Waals surface area contributed by atoms with Gasteiger partial charge in [-0.25, -0.2) is 19.7 Å². The van der Waals surface area contributed by atoms with E-state index in [-0.39, 0.29) is 12.1 Å². The maximum Gasteiger partial charge on any atom is 0.317 e. The van der Waals surface area contributed by atoms with Gasteiger partial charge in [-0.1, -0.05) is 6.92 Å². The van der Waals surface area contributed by atoms with Crippen LogP contribution in [0.1, 0.15) is 54.2 Å². The van der Waals surface area contributed by atoms with Gasteiger partial charge in [0.1, 0.15) is 11.3 Å².